The number of likely N-dealkylation sites (tertiary alicyclic amines) is 1. The van der Waals surface area contributed by atoms with Crippen molar-refractivity contribution in [1.29, 1.82) is 0 Å². The molecule has 1 saturated heterocycles. The molecule has 110 valence electrons. The van der Waals surface area contributed by atoms with Crippen LogP contribution in [0.3, 0.4) is 0 Å². The van der Waals surface area contributed by atoms with Gasteiger partial charge in [0.15, 0.2) is 0 Å². The molecule has 0 atom stereocenters. The third kappa shape index (κ3) is 4.03. The highest BCUT2D eigenvalue weighted by molar-refractivity contribution is 9.10. The van der Waals surface area contributed by atoms with Crippen LogP contribution in [0.25, 0.3) is 0 Å². The van der Waals surface area contributed by atoms with Gasteiger partial charge in [-0.2, -0.15) is 0 Å². The summed E-state index contributed by atoms with van der Waals surface area (Å²) in [6.45, 7) is 5.92. The molecule has 0 aliphatic carbocycles. The van der Waals surface area contributed by atoms with Crippen LogP contribution in [0.5, 0.6) is 0 Å². The second-order valence-electron chi connectivity index (χ2n) is 5.38. The Morgan fingerprint density at radius 3 is 2.85 bits per heavy atom. The van der Waals surface area contributed by atoms with Gasteiger partial charge in [-0.15, -0.1) is 0 Å². The number of nitrogens with one attached hydrogen (secondary N) is 1. The Kier molecular flexibility index (Phi) is 5.54. The molecule has 5 heteroatoms. The van der Waals surface area contributed by atoms with Gasteiger partial charge in [-0.1, -0.05) is 13.0 Å². The van der Waals surface area contributed by atoms with E-state index in [-0.39, 0.29) is 10.4 Å². The Labute approximate surface area is 127 Å². The largest absolute Gasteiger partial charge is 0.351 e. The summed E-state index contributed by atoms with van der Waals surface area (Å²) in [5.74, 6) is 0.161. The zero-order valence-corrected chi connectivity index (χ0v) is 13.2. The number of benzene rings is 1. The van der Waals surface area contributed by atoms with E-state index in [2.05, 4.69) is 33.1 Å². The number of carbonyl (C=O) groups excluding carboxylic acids is 1. The summed E-state index contributed by atoms with van der Waals surface area (Å²) in [6.07, 6.45) is 2.45. The Balaban J connectivity index is 1.79. The molecule has 1 aliphatic heterocycles. The minimum absolute atomic E-state index is 0.226. The fraction of sp³-hybridized carbons (Fsp3) is 0.533. The highest BCUT2D eigenvalue weighted by atomic mass is 79.9. The van der Waals surface area contributed by atoms with E-state index in [0.29, 0.717) is 12.1 Å². The maximum Gasteiger partial charge on any atom is 0.252 e. The lowest BCUT2D eigenvalue weighted by atomic mass is 9.99. The van der Waals surface area contributed by atoms with Crippen molar-refractivity contribution >= 4 is 21.8 Å². The Bertz CT molecular complexity index is 473. The average molecular weight is 343 g/mol. The molecule has 1 aliphatic rings. The van der Waals surface area contributed by atoms with Crippen LogP contribution in [0.15, 0.2) is 22.7 Å². The predicted octanol–water partition coefficient (Wildman–Crippen LogP) is 3.05. The van der Waals surface area contributed by atoms with Crippen LogP contribution in [-0.4, -0.2) is 37.0 Å². The smallest absolute Gasteiger partial charge is 0.252 e. The summed E-state index contributed by atoms with van der Waals surface area (Å²) in [6, 6.07) is 4.49. The maximum atomic E-state index is 13.4. The minimum atomic E-state index is -0.414. The summed E-state index contributed by atoms with van der Waals surface area (Å²) < 4.78 is 13.6. The lowest BCUT2D eigenvalue weighted by molar-refractivity contribution is 0.0943. The van der Waals surface area contributed by atoms with E-state index in [1.165, 1.54) is 18.9 Å². The molecule has 1 amide bonds. The molecule has 0 spiro atoms. The summed E-state index contributed by atoms with van der Waals surface area (Å²) >= 11 is 3.11. The van der Waals surface area contributed by atoms with Crippen LogP contribution in [0, 0.1) is 11.7 Å². The van der Waals surface area contributed by atoms with Gasteiger partial charge in [0.2, 0.25) is 0 Å². The third-order valence-electron chi connectivity index (χ3n) is 3.79. The molecular formula is C15H20BrFN2O. The molecule has 1 aromatic rings. The van der Waals surface area contributed by atoms with Crippen molar-refractivity contribution in [1.82, 2.24) is 10.2 Å². The fourth-order valence-electron chi connectivity index (χ4n) is 2.39. The fourth-order valence-corrected chi connectivity index (χ4v) is 2.83. The van der Waals surface area contributed by atoms with Crippen molar-refractivity contribution in [2.45, 2.75) is 19.8 Å². The molecule has 0 radical (unpaired) electrons. The second kappa shape index (κ2) is 7.18. The number of amides is 1. The maximum absolute atomic E-state index is 13.4. The predicted molar refractivity (Wildman–Crippen MR) is 81.3 cm³/mol. The van der Waals surface area contributed by atoms with Gasteiger partial charge < -0.3 is 10.2 Å². The van der Waals surface area contributed by atoms with Gasteiger partial charge in [-0.25, -0.2) is 4.39 Å². The van der Waals surface area contributed by atoms with Crippen molar-refractivity contribution in [3.05, 3.63) is 34.1 Å². The van der Waals surface area contributed by atoms with Crippen LogP contribution in [0.1, 0.15) is 30.1 Å². The topological polar surface area (TPSA) is 32.3 Å². The summed E-state index contributed by atoms with van der Waals surface area (Å²) in [4.78, 5) is 14.3. The standard InChI is InChI=1S/C15H20BrFN2O/c1-11-5-8-19(9-6-11)10-7-18-15(20)12-3-2-4-13(17)14(12)16/h2-4,11H,5-10H2,1H3,(H,18,20). The van der Waals surface area contributed by atoms with Crippen LogP contribution >= 0.6 is 15.9 Å². The number of rotatable bonds is 4. The first kappa shape index (κ1) is 15.4. The van der Waals surface area contributed by atoms with E-state index in [0.717, 1.165) is 25.6 Å². The molecule has 20 heavy (non-hydrogen) atoms. The molecule has 1 heterocycles. The van der Waals surface area contributed by atoms with Gasteiger partial charge in [-0.3, -0.25) is 4.79 Å². The summed E-state index contributed by atoms with van der Waals surface area (Å²) in [7, 11) is 0. The number of carbonyl (C=O) groups is 1. The first-order chi connectivity index (χ1) is 9.58. The SMILES string of the molecule is CC1CCN(CCNC(=O)c2cccc(F)c2Br)CC1. The van der Waals surface area contributed by atoms with E-state index in [4.69, 9.17) is 0 Å². The number of hydrogen-bond acceptors (Lipinski definition) is 2. The normalized spacial score (nSPS) is 17.1. The molecule has 1 fully saturated rings. The minimum Gasteiger partial charge on any atom is -0.351 e. The van der Waals surface area contributed by atoms with Crippen molar-refractivity contribution < 1.29 is 9.18 Å². The molecule has 1 N–H and O–H groups in total. The number of nitrogens with zero attached hydrogens (tertiary/aromatic N) is 1. The third-order valence-corrected chi connectivity index (χ3v) is 4.59. The molecule has 0 aromatic heterocycles. The average Bonchev–Trinajstić information content (AvgIpc) is 2.44. The lowest BCUT2D eigenvalue weighted by Gasteiger charge is -2.30. The van der Waals surface area contributed by atoms with E-state index in [1.54, 1.807) is 12.1 Å². The highest BCUT2D eigenvalue weighted by Crippen LogP contribution is 2.20. The van der Waals surface area contributed by atoms with Crippen LogP contribution in [0.2, 0.25) is 0 Å². The Morgan fingerprint density at radius 1 is 1.45 bits per heavy atom. The Morgan fingerprint density at radius 2 is 2.15 bits per heavy atom. The zero-order chi connectivity index (χ0) is 14.5. The van der Waals surface area contributed by atoms with E-state index in [9.17, 15) is 9.18 Å². The van der Waals surface area contributed by atoms with Gasteiger partial charge >= 0.3 is 0 Å². The monoisotopic (exact) mass is 342 g/mol. The molecule has 0 unspecified atom stereocenters. The van der Waals surface area contributed by atoms with Crippen molar-refractivity contribution in [3.8, 4) is 0 Å². The molecule has 0 saturated carbocycles. The van der Waals surface area contributed by atoms with Crippen LogP contribution < -0.4 is 5.32 Å². The Hall–Kier alpha value is -0.940. The van der Waals surface area contributed by atoms with E-state index in [1.807, 2.05) is 0 Å². The van der Waals surface area contributed by atoms with Gasteiger partial charge in [0.05, 0.1) is 10.0 Å². The molecule has 2 rings (SSSR count). The highest BCUT2D eigenvalue weighted by Gasteiger charge is 2.16. The van der Waals surface area contributed by atoms with Gasteiger partial charge in [0.1, 0.15) is 5.82 Å². The molecule has 3 nitrogen and oxygen atoms in total. The summed E-state index contributed by atoms with van der Waals surface area (Å²) in [5.41, 5.74) is 0.345. The molecule has 0 bridgehead atoms. The van der Waals surface area contributed by atoms with Gasteiger partial charge in [-0.05, 0) is 59.9 Å². The van der Waals surface area contributed by atoms with E-state index < -0.39 is 5.82 Å². The number of hydrogen-bond donors (Lipinski definition) is 1. The van der Waals surface area contributed by atoms with Gasteiger partial charge in [0, 0.05) is 13.1 Å². The van der Waals surface area contributed by atoms with Crippen LogP contribution in [0.4, 0.5) is 4.39 Å². The van der Waals surface area contributed by atoms with Crippen molar-refractivity contribution in [2.75, 3.05) is 26.2 Å². The van der Waals surface area contributed by atoms with Crippen molar-refractivity contribution in [3.63, 3.8) is 0 Å². The number of piperidine rings is 1. The lowest BCUT2D eigenvalue weighted by Crippen LogP contribution is -2.39. The van der Waals surface area contributed by atoms with Crippen LogP contribution in [-0.2, 0) is 0 Å². The zero-order valence-electron chi connectivity index (χ0n) is 11.7. The van der Waals surface area contributed by atoms with Gasteiger partial charge in [0.25, 0.3) is 5.91 Å². The summed E-state index contributed by atoms with van der Waals surface area (Å²) in [5, 5.41) is 2.85. The van der Waals surface area contributed by atoms with E-state index >= 15 is 0 Å². The second-order valence-corrected chi connectivity index (χ2v) is 6.17. The first-order valence-corrected chi connectivity index (χ1v) is 7.82. The number of halogens is 2. The quantitative estimate of drug-likeness (QED) is 0.911. The van der Waals surface area contributed by atoms with Crippen molar-refractivity contribution in [2.24, 2.45) is 5.92 Å². The first-order valence-electron chi connectivity index (χ1n) is 7.02. The molecular weight excluding hydrogens is 323 g/mol. The molecule has 1 aromatic carbocycles.